The van der Waals surface area contributed by atoms with Crippen LogP contribution in [0.4, 0.5) is 0 Å². The Morgan fingerprint density at radius 3 is 2.64 bits per heavy atom. The van der Waals surface area contributed by atoms with E-state index in [9.17, 15) is 9.59 Å². The maximum Gasteiger partial charge on any atom is 0.272 e. The number of carbonyl (C=O) groups excluding carboxylic acids is 1. The number of amides is 1. The van der Waals surface area contributed by atoms with Crippen LogP contribution in [-0.4, -0.2) is 64.4 Å². The molecule has 1 aromatic heterocycles. The van der Waals surface area contributed by atoms with Gasteiger partial charge in [0.1, 0.15) is 5.69 Å². The molecule has 5 aliphatic heterocycles. The van der Waals surface area contributed by atoms with Crippen LogP contribution in [0.15, 0.2) is 29.1 Å². The van der Waals surface area contributed by atoms with Crippen LogP contribution >= 0.6 is 0 Å². The Hall–Kier alpha value is -2.74. The number of nitrogens with zero attached hydrogens (tertiary/aromatic N) is 2. The summed E-state index contributed by atoms with van der Waals surface area (Å²) in [6, 6.07) is 7.99. The van der Waals surface area contributed by atoms with Gasteiger partial charge in [-0.05, 0) is 49.5 Å². The second-order valence-corrected chi connectivity index (χ2v) is 8.20. The van der Waals surface area contributed by atoms with Crippen LogP contribution in [-0.2, 0) is 0 Å². The van der Waals surface area contributed by atoms with E-state index in [1.54, 1.807) is 0 Å². The molecule has 28 heavy (non-hydrogen) atoms. The van der Waals surface area contributed by atoms with E-state index in [1.165, 1.54) is 11.6 Å². The summed E-state index contributed by atoms with van der Waals surface area (Å²) in [6.07, 6.45) is 2.25. The highest BCUT2D eigenvalue weighted by molar-refractivity contribution is 5.93. The highest BCUT2D eigenvalue weighted by Crippen LogP contribution is 2.48. The van der Waals surface area contributed by atoms with Crippen molar-refractivity contribution >= 4 is 5.91 Å². The molecule has 7 rings (SSSR count). The molecule has 2 N–H and O–H groups in total. The molecule has 5 aliphatic rings. The van der Waals surface area contributed by atoms with Crippen molar-refractivity contribution in [3.8, 4) is 11.5 Å². The van der Waals surface area contributed by atoms with Gasteiger partial charge in [-0.25, -0.2) is 0 Å². The van der Waals surface area contributed by atoms with Crippen LogP contribution in [0.2, 0.25) is 0 Å². The third-order valence-corrected chi connectivity index (χ3v) is 6.91. The molecule has 2 bridgehead atoms. The molecule has 146 valence electrons. The first-order valence-electron chi connectivity index (χ1n) is 9.91. The minimum atomic E-state index is -0.277. The third kappa shape index (κ3) is 2.27. The summed E-state index contributed by atoms with van der Waals surface area (Å²) in [5.41, 5.74) is 1.25. The van der Waals surface area contributed by atoms with Crippen LogP contribution in [0.25, 0.3) is 0 Å². The molecular weight excluding hydrogens is 360 g/mol. The second kappa shape index (κ2) is 5.88. The molecule has 1 aromatic carbocycles. The number of rotatable bonds is 2. The number of piperidine rings is 3. The fourth-order valence-corrected chi connectivity index (χ4v) is 5.69. The quantitative estimate of drug-likeness (QED) is 0.813. The number of nitrogens with one attached hydrogen (secondary N) is 2. The number of aromatic amines is 2. The zero-order valence-corrected chi connectivity index (χ0v) is 15.4. The van der Waals surface area contributed by atoms with Gasteiger partial charge in [0, 0.05) is 24.6 Å². The first-order valence-corrected chi connectivity index (χ1v) is 9.91. The molecule has 3 atom stereocenters. The lowest BCUT2D eigenvalue weighted by Crippen LogP contribution is -2.60. The van der Waals surface area contributed by atoms with Crippen LogP contribution < -0.4 is 15.0 Å². The van der Waals surface area contributed by atoms with Gasteiger partial charge in [0.15, 0.2) is 11.5 Å². The van der Waals surface area contributed by atoms with Crippen molar-refractivity contribution in [1.29, 1.82) is 0 Å². The van der Waals surface area contributed by atoms with Gasteiger partial charge in [-0.1, -0.05) is 6.07 Å². The van der Waals surface area contributed by atoms with Gasteiger partial charge in [0.2, 0.25) is 6.79 Å². The fourth-order valence-electron chi connectivity index (χ4n) is 5.69. The summed E-state index contributed by atoms with van der Waals surface area (Å²) in [7, 11) is 0. The Morgan fingerprint density at radius 2 is 1.86 bits per heavy atom. The van der Waals surface area contributed by atoms with E-state index in [1.807, 2.05) is 11.0 Å². The first kappa shape index (κ1) is 16.2. The lowest BCUT2D eigenvalue weighted by atomic mass is 9.75. The van der Waals surface area contributed by atoms with Crippen molar-refractivity contribution in [3.05, 3.63) is 45.9 Å². The van der Waals surface area contributed by atoms with Crippen molar-refractivity contribution in [2.24, 2.45) is 5.92 Å². The van der Waals surface area contributed by atoms with Crippen molar-refractivity contribution < 1.29 is 14.3 Å². The van der Waals surface area contributed by atoms with Crippen LogP contribution in [0.3, 0.4) is 0 Å². The van der Waals surface area contributed by atoms with Crippen LogP contribution in [0.1, 0.15) is 34.8 Å². The summed E-state index contributed by atoms with van der Waals surface area (Å²) in [6.45, 7) is 3.09. The maximum atomic E-state index is 13.2. The highest BCUT2D eigenvalue weighted by atomic mass is 16.7. The number of H-pyrrole nitrogens is 2. The molecule has 0 radical (unpaired) electrons. The smallest absolute Gasteiger partial charge is 0.272 e. The van der Waals surface area contributed by atoms with Crippen molar-refractivity contribution in [1.82, 2.24) is 20.0 Å². The lowest BCUT2D eigenvalue weighted by Gasteiger charge is -2.51. The summed E-state index contributed by atoms with van der Waals surface area (Å²) >= 11 is 0. The Bertz CT molecular complexity index is 990. The zero-order chi connectivity index (χ0) is 18.8. The number of hydrogen-bond donors (Lipinski definition) is 2. The average Bonchev–Trinajstić information content (AvgIpc) is 3.46. The predicted octanol–water partition coefficient (Wildman–Crippen LogP) is 1.13. The van der Waals surface area contributed by atoms with E-state index >= 15 is 0 Å². The molecule has 6 heterocycles. The van der Waals surface area contributed by atoms with Crippen molar-refractivity contribution in [2.45, 2.75) is 30.8 Å². The average molecular weight is 382 g/mol. The largest absolute Gasteiger partial charge is 0.454 e. The van der Waals surface area contributed by atoms with Gasteiger partial charge in [0.25, 0.3) is 11.5 Å². The number of aromatic nitrogens is 2. The molecule has 4 saturated heterocycles. The molecule has 0 spiro atoms. The molecular formula is C20H22N4O4. The van der Waals surface area contributed by atoms with Gasteiger partial charge in [-0.15, -0.1) is 0 Å². The van der Waals surface area contributed by atoms with E-state index in [4.69, 9.17) is 9.47 Å². The predicted molar refractivity (Wildman–Crippen MR) is 99.6 cm³/mol. The van der Waals surface area contributed by atoms with E-state index in [-0.39, 0.29) is 30.2 Å². The van der Waals surface area contributed by atoms with Crippen LogP contribution in [0, 0.1) is 5.92 Å². The molecule has 0 unspecified atom stereocenters. The number of benzene rings is 1. The van der Waals surface area contributed by atoms with Crippen molar-refractivity contribution in [2.75, 3.05) is 26.4 Å². The maximum absolute atomic E-state index is 13.2. The molecule has 0 aliphatic carbocycles. The van der Waals surface area contributed by atoms with Gasteiger partial charge in [-0.3, -0.25) is 24.7 Å². The second-order valence-electron chi connectivity index (χ2n) is 8.20. The summed E-state index contributed by atoms with van der Waals surface area (Å²) < 4.78 is 11.0. The Kier molecular flexibility index (Phi) is 3.41. The van der Waals surface area contributed by atoms with E-state index in [0.29, 0.717) is 24.2 Å². The zero-order valence-electron chi connectivity index (χ0n) is 15.4. The SMILES string of the molecule is O=C(c1cc(=O)[nH][nH]1)N1C[C@H](c2ccc3c(c2)OCO3)[C@H]2[C@@H]1C1CCN2CC1. The minimum Gasteiger partial charge on any atom is -0.454 e. The van der Waals surface area contributed by atoms with E-state index < -0.39 is 0 Å². The summed E-state index contributed by atoms with van der Waals surface area (Å²) in [5, 5.41) is 5.21. The number of ether oxygens (including phenoxy) is 2. The van der Waals surface area contributed by atoms with Gasteiger partial charge < -0.3 is 14.4 Å². The first-order chi connectivity index (χ1) is 13.7. The fraction of sp³-hybridized carbons (Fsp3) is 0.500. The van der Waals surface area contributed by atoms with E-state index in [2.05, 4.69) is 27.2 Å². The Morgan fingerprint density at radius 1 is 1.04 bits per heavy atom. The Labute approximate surface area is 161 Å². The lowest BCUT2D eigenvalue weighted by molar-refractivity contribution is -0.00359. The number of fused-ring (bicyclic) bond motifs is 3. The summed E-state index contributed by atoms with van der Waals surface area (Å²) in [4.78, 5) is 29.3. The molecule has 2 aromatic rings. The third-order valence-electron chi connectivity index (χ3n) is 6.91. The molecule has 8 heteroatoms. The molecule has 4 fully saturated rings. The summed E-state index contributed by atoms with van der Waals surface area (Å²) in [5.74, 6) is 2.21. The molecule has 1 amide bonds. The standard InChI is InChI=1S/C20H22N4O4/c25-17-8-14(21-22-17)20(26)24-9-13(12-1-2-15-16(7-12)28-10-27-15)19-18(24)11-3-5-23(19)6-4-11/h1-2,7-8,11,13,18-19H,3-6,9-10H2,(H2,21,22,25)/t13-,18+,19+/m1/s1. The van der Waals surface area contributed by atoms with E-state index in [0.717, 1.165) is 37.4 Å². The normalized spacial score (nSPS) is 32.6. The monoisotopic (exact) mass is 382 g/mol. The minimum absolute atomic E-state index is 0.0923. The molecule has 8 nitrogen and oxygen atoms in total. The van der Waals surface area contributed by atoms with Gasteiger partial charge in [-0.2, -0.15) is 0 Å². The highest BCUT2D eigenvalue weighted by Gasteiger charge is 2.55. The Balaban J connectivity index is 1.39. The topological polar surface area (TPSA) is 90.7 Å². The van der Waals surface area contributed by atoms with Gasteiger partial charge >= 0.3 is 0 Å². The molecule has 0 saturated carbocycles. The number of likely N-dealkylation sites (tertiary alicyclic amines) is 1. The number of hydrogen-bond acceptors (Lipinski definition) is 5. The van der Waals surface area contributed by atoms with Crippen molar-refractivity contribution in [3.63, 3.8) is 0 Å². The number of carbonyl (C=O) groups is 1. The van der Waals surface area contributed by atoms with Crippen LogP contribution in [0.5, 0.6) is 11.5 Å². The van der Waals surface area contributed by atoms with Gasteiger partial charge in [0.05, 0.1) is 6.04 Å².